The Balaban J connectivity index is 1.17. The van der Waals surface area contributed by atoms with E-state index in [1.54, 1.807) is 12.5 Å². The van der Waals surface area contributed by atoms with E-state index in [0.29, 0.717) is 19.0 Å². The number of nitrogens with zero attached hydrogens (tertiary/aromatic N) is 6. The molecule has 2 atom stereocenters. The van der Waals surface area contributed by atoms with E-state index in [9.17, 15) is 4.79 Å². The smallest absolute Gasteiger partial charge is 0.321 e. The summed E-state index contributed by atoms with van der Waals surface area (Å²) in [6.45, 7) is 7.27. The molecule has 198 valence electrons. The first-order valence-electron chi connectivity index (χ1n) is 13.4. The zero-order chi connectivity index (χ0) is 26.8. The standard InChI is InChI=1S/C30H32N8O/c1-3-36-17-18-37(30(39)34-24-13-8-10-22-9-4-5-11-23(22)24)19-27(36)21(2)33-29-31-16-15-28(35-29)38-20-32-25-12-6-7-14-26(25)38/h4-16,20-21,27H,3,17-19H2,1-2H3,(H,34,39)(H,31,33,35). The minimum Gasteiger partial charge on any atom is -0.350 e. The van der Waals surface area contributed by atoms with Crippen LogP contribution in [0.4, 0.5) is 16.4 Å². The summed E-state index contributed by atoms with van der Waals surface area (Å²) in [7, 11) is 0. The Morgan fingerprint density at radius 1 is 1.00 bits per heavy atom. The van der Waals surface area contributed by atoms with Crippen molar-refractivity contribution in [2.24, 2.45) is 0 Å². The number of benzene rings is 3. The zero-order valence-corrected chi connectivity index (χ0v) is 22.2. The van der Waals surface area contributed by atoms with Crippen molar-refractivity contribution in [1.29, 1.82) is 0 Å². The average molecular weight is 521 g/mol. The molecule has 2 N–H and O–H groups in total. The number of nitrogens with one attached hydrogen (secondary N) is 2. The van der Waals surface area contributed by atoms with Crippen LogP contribution in [0.2, 0.25) is 0 Å². The number of carbonyl (C=O) groups excluding carboxylic acids is 1. The third-order valence-electron chi connectivity index (χ3n) is 7.53. The topological polar surface area (TPSA) is 91.2 Å². The number of hydrogen-bond acceptors (Lipinski definition) is 6. The van der Waals surface area contributed by atoms with Gasteiger partial charge in [-0.3, -0.25) is 9.47 Å². The van der Waals surface area contributed by atoms with Gasteiger partial charge in [-0.2, -0.15) is 4.98 Å². The Morgan fingerprint density at radius 3 is 2.72 bits per heavy atom. The third kappa shape index (κ3) is 5.00. The first-order valence-corrected chi connectivity index (χ1v) is 13.4. The largest absolute Gasteiger partial charge is 0.350 e. The molecule has 39 heavy (non-hydrogen) atoms. The molecule has 0 aliphatic carbocycles. The van der Waals surface area contributed by atoms with E-state index in [0.717, 1.165) is 46.4 Å². The van der Waals surface area contributed by atoms with Crippen molar-refractivity contribution in [3.05, 3.63) is 85.3 Å². The van der Waals surface area contributed by atoms with Gasteiger partial charge in [0, 0.05) is 43.3 Å². The van der Waals surface area contributed by atoms with Crippen molar-refractivity contribution < 1.29 is 4.79 Å². The molecule has 0 bridgehead atoms. The number of carbonyl (C=O) groups is 1. The predicted molar refractivity (Wildman–Crippen MR) is 155 cm³/mol. The number of likely N-dealkylation sites (N-methyl/N-ethyl adjacent to an activating group) is 1. The van der Waals surface area contributed by atoms with Gasteiger partial charge in [0.25, 0.3) is 0 Å². The van der Waals surface area contributed by atoms with E-state index >= 15 is 0 Å². The molecule has 9 nitrogen and oxygen atoms in total. The molecule has 9 heteroatoms. The molecule has 2 amide bonds. The highest BCUT2D eigenvalue weighted by molar-refractivity contribution is 6.01. The molecule has 6 rings (SSSR count). The molecular formula is C30H32N8O. The first-order chi connectivity index (χ1) is 19.1. The van der Waals surface area contributed by atoms with Crippen molar-refractivity contribution >= 4 is 39.5 Å². The molecule has 1 aliphatic heterocycles. The van der Waals surface area contributed by atoms with Gasteiger partial charge >= 0.3 is 6.03 Å². The second-order valence-electron chi connectivity index (χ2n) is 9.87. The molecular weight excluding hydrogens is 488 g/mol. The lowest BCUT2D eigenvalue weighted by Crippen LogP contribution is -2.60. The van der Waals surface area contributed by atoms with Crippen LogP contribution in [0.3, 0.4) is 0 Å². The van der Waals surface area contributed by atoms with Gasteiger partial charge in [0.05, 0.1) is 16.7 Å². The highest BCUT2D eigenvalue weighted by Gasteiger charge is 2.33. The Labute approximate surface area is 227 Å². The van der Waals surface area contributed by atoms with E-state index in [1.807, 2.05) is 70.1 Å². The van der Waals surface area contributed by atoms with Crippen molar-refractivity contribution in [2.75, 3.05) is 36.8 Å². The van der Waals surface area contributed by atoms with Crippen molar-refractivity contribution in [2.45, 2.75) is 25.9 Å². The quantitative estimate of drug-likeness (QED) is 0.327. The number of hydrogen-bond donors (Lipinski definition) is 2. The molecule has 1 aliphatic rings. The van der Waals surface area contributed by atoms with Crippen LogP contribution in [-0.4, -0.2) is 73.6 Å². The molecule has 0 saturated carbocycles. The van der Waals surface area contributed by atoms with Crippen molar-refractivity contribution in [3.8, 4) is 5.82 Å². The molecule has 2 aromatic heterocycles. The monoisotopic (exact) mass is 520 g/mol. The number of para-hydroxylation sites is 2. The van der Waals surface area contributed by atoms with Crippen LogP contribution in [-0.2, 0) is 0 Å². The van der Waals surface area contributed by atoms with E-state index < -0.39 is 0 Å². The fraction of sp³-hybridized carbons (Fsp3) is 0.267. The number of fused-ring (bicyclic) bond motifs is 2. The lowest BCUT2D eigenvalue weighted by atomic mass is 10.0. The summed E-state index contributed by atoms with van der Waals surface area (Å²) in [5.74, 6) is 1.30. The van der Waals surface area contributed by atoms with Gasteiger partial charge in [-0.15, -0.1) is 0 Å². The maximum atomic E-state index is 13.4. The summed E-state index contributed by atoms with van der Waals surface area (Å²) in [6.07, 6.45) is 3.54. The van der Waals surface area contributed by atoms with Gasteiger partial charge in [-0.05, 0) is 43.1 Å². The van der Waals surface area contributed by atoms with Crippen LogP contribution in [0.5, 0.6) is 0 Å². The second-order valence-corrected chi connectivity index (χ2v) is 9.87. The second kappa shape index (κ2) is 10.7. The molecule has 0 radical (unpaired) electrons. The van der Waals surface area contributed by atoms with Crippen LogP contribution in [0.15, 0.2) is 85.3 Å². The molecule has 1 fully saturated rings. The van der Waals surface area contributed by atoms with E-state index in [-0.39, 0.29) is 18.1 Å². The number of anilines is 2. The molecule has 0 spiro atoms. The average Bonchev–Trinajstić information content (AvgIpc) is 3.41. The van der Waals surface area contributed by atoms with E-state index in [1.165, 1.54) is 0 Å². The van der Waals surface area contributed by atoms with E-state index in [4.69, 9.17) is 4.98 Å². The molecule has 1 saturated heterocycles. The Morgan fingerprint density at radius 2 is 1.82 bits per heavy atom. The highest BCUT2D eigenvalue weighted by Crippen LogP contribution is 2.24. The maximum Gasteiger partial charge on any atom is 0.321 e. The van der Waals surface area contributed by atoms with Gasteiger partial charge in [0.1, 0.15) is 12.1 Å². The number of aromatic nitrogens is 4. The number of amides is 2. The van der Waals surface area contributed by atoms with Crippen LogP contribution in [0.1, 0.15) is 13.8 Å². The fourth-order valence-electron chi connectivity index (χ4n) is 5.42. The normalized spacial score (nSPS) is 16.9. The van der Waals surface area contributed by atoms with Crippen LogP contribution >= 0.6 is 0 Å². The SMILES string of the molecule is CCN1CCN(C(=O)Nc2cccc3ccccc23)CC1C(C)Nc1nccc(-n2cnc3ccccc32)n1. The first kappa shape index (κ1) is 24.8. The van der Waals surface area contributed by atoms with E-state index in [2.05, 4.69) is 51.5 Å². The summed E-state index contributed by atoms with van der Waals surface area (Å²) in [4.78, 5) is 31.4. The van der Waals surface area contributed by atoms with Gasteiger partial charge in [-0.1, -0.05) is 55.5 Å². The van der Waals surface area contributed by atoms with Crippen molar-refractivity contribution in [3.63, 3.8) is 0 Å². The fourth-order valence-corrected chi connectivity index (χ4v) is 5.42. The number of piperazine rings is 1. The lowest BCUT2D eigenvalue weighted by Gasteiger charge is -2.43. The third-order valence-corrected chi connectivity index (χ3v) is 7.53. The summed E-state index contributed by atoms with van der Waals surface area (Å²) in [5.41, 5.74) is 2.74. The van der Waals surface area contributed by atoms with Crippen molar-refractivity contribution in [1.82, 2.24) is 29.3 Å². The van der Waals surface area contributed by atoms with Crippen LogP contribution in [0.25, 0.3) is 27.6 Å². The molecule has 3 aromatic carbocycles. The van der Waals surface area contributed by atoms with Crippen LogP contribution in [0, 0.1) is 0 Å². The predicted octanol–water partition coefficient (Wildman–Crippen LogP) is 5.01. The minimum atomic E-state index is -0.0791. The van der Waals surface area contributed by atoms with Gasteiger partial charge in [-0.25, -0.2) is 14.8 Å². The highest BCUT2D eigenvalue weighted by atomic mass is 16.2. The summed E-state index contributed by atoms with van der Waals surface area (Å²) >= 11 is 0. The van der Waals surface area contributed by atoms with Crippen LogP contribution < -0.4 is 10.6 Å². The minimum absolute atomic E-state index is 0.00730. The Hall–Kier alpha value is -4.50. The van der Waals surface area contributed by atoms with Gasteiger partial charge < -0.3 is 15.5 Å². The maximum absolute atomic E-state index is 13.4. The van der Waals surface area contributed by atoms with Gasteiger partial charge in [0.2, 0.25) is 5.95 Å². The summed E-state index contributed by atoms with van der Waals surface area (Å²) < 4.78 is 1.96. The number of urea groups is 1. The number of imidazole rings is 1. The Kier molecular flexibility index (Phi) is 6.81. The number of rotatable bonds is 6. The molecule has 5 aromatic rings. The Bertz CT molecular complexity index is 1610. The lowest BCUT2D eigenvalue weighted by molar-refractivity contribution is 0.0906. The summed E-state index contributed by atoms with van der Waals surface area (Å²) in [6, 6.07) is 24.0. The van der Waals surface area contributed by atoms with Gasteiger partial charge in [0.15, 0.2) is 0 Å². The summed E-state index contributed by atoms with van der Waals surface area (Å²) in [5, 5.41) is 8.79. The zero-order valence-electron chi connectivity index (χ0n) is 22.2. The molecule has 2 unspecified atom stereocenters. The molecule has 3 heterocycles.